The summed E-state index contributed by atoms with van der Waals surface area (Å²) in [7, 11) is -2.76. The van der Waals surface area contributed by atoms with Crippen LogP contribution in [0.3, 0.4) is 0 Å². The van der Waals surface area contributed by atoms with Crippen LogP contribution in [-0.4, -0.2) is 44.8 Å². The second-order valence-corrected chi connectivity index (χ2v) is 11.5. The zero-order valence-corrected chi connectivity index (χ0v) is 23.6. The highest BCUT2D eigenvalue weighted by atomic mass is 35.5. The van der Waals surface area contributed by atoms with Crippen molar-refractivity contribution in [2.75, 3.05) is 17.9 Å². The maximum atomic E-state index is 13.7. The minimum atomic E-state index is -4.20. The number of sulfonamides is 1. The third-order valence-corrected chi connectivity index (χ3v) is 8.82. The van der Waals surface area contributed by atoms with E-state index in [1.54, 1.807) is 43.3 Å². The van der Waals surface area contributed by atoms with E-state index in [1.807, 2.05) is 0 Å². The molecule has 0 aliphatic rings. The number of benzene rings is 3. The standard InChI is InChI=1S/C25H23Cl4N3O4S/c1-16(25(34)30-2)31(14-17-8-10-20(26)22(28)12-17)24(33)15-32(18-9-11-21(27)23(29)13-18)37(35,36)19-6-4-3-5-7-19/h3-13,16H,14-15H2,1-2H3,(H,30,34)/t16-/m0/s1. The monoisotopic (exact) mass is 601 g/mol. The second-order valence-electron chi connectivity index (χ2n) is 7.98. The fourth-order valence-corrected chi connectivity index (χ4v) is 5.55. The van der Waals surface area contributed by atoms with E-state index in [-0.39, 0.29) is 32.2 Å². The van der Waals surface area contributed by atoms with Gasteiger partial charge in [-0.2, -0.15) is 0 Å². The molecule has 12 heteroatoms. The van der Waals surface area contributed by atoms with Gasteiger partial charge in [0.2, 0.25) is 11.8 Å². The number of likely N-dealkylation sites (N-methyl/N-ethyl adjacent to an activating group) is 1. The molecule has 0 heterocycles. The van der Waals surface area contributed by atoms with Gasteiger partial charge in [0.15, 0.2) is 0 Å². The highest BCUT2D eigenvalue weighted by molar-refractivity contribution is 7.92. The summed E-state index contributed by atoms with van der Waals surface area (Å²) in [6.45, 7) is 0.909. The number of carbonyl (C=O) groups excluding carboxylic acids is 2. The van der Waals surface area contributed by atoms with Gasteiger partial charge in [-0.05, 0) is 55.0 Å². The summed E-state index contributed by atoms with van der Waals surface area (Å²) in [4.78, 5) is 27.4. The van der Waals surface area contributed by atoms with E-state index >= 15 is 0 Å². The van der Waals surface area contributed by atoms with Crippen molar-refractivity contribution in [3.05, 3.63) is 92.4 Å². The molecule has 7 nitrogen and oxygen atoms in total. The van der Waals surface area contributed by atoms with Crippen molar-refractivity contribution in [1.29, 1.82) is 0 Å². The number of nitrogens with one attached hydrogen (secondary N) is 1. The summed E-state index contributed by atoms with van der Waals surface area (Å²) >= 11 is 24.4. The van der Waals surface area contributed by atoms with E-state index in [0.29, 0.717) is 10.6 Å². The number of amides is 2. The third kappa shape index (κ3) is 6.89. The predicted octanol–water partition coefficient (Wildman–Crippen LogP) is 5.66. The number of anilines is 1. The van der Waals surface area contributed by atoms with Crippen molar-refractivity contribution < 1.29 is 18.0 Å². The molecule has 0 spiro atoms. The molecule has 0 bridgehead atoms. The van der Waals surface area contributed by atoms with Crippen LogP contribution in [0.5, 0.6) is 0 Å². The molecule has 3 rings (SSSR count). The van der Waals surface area contributed by atoms with Gasteiger partial charge in [-0.25, -0.2) is 8.42 Å². The molecule has 0 aliphatic heterocycles. The number of hydrogen-bond acceptors (Lipinski definition) is 4. The molecule has 1 N–H and O–H groups in total. The molecule has 0 fully saturated rings. The van der Waals surface area contributed by atoms with Crippen LogP contribution in [0.15, 0.2) is 71.6 Å². The average Bonchev–Trinajstić information content (AvgIpc) is 2.89. The lowest BCUT2D eigenvalue weighted by atomic mass is 10.1. The van der Waals surface area contributed by atoms with Crippen LogP contribution in [0.4, 0.5) is 5.69 Å². The van der Waals surface area contributed by atoms with Crippen molar-refractivity contribution in [3.8, 4) is 0 Å². The van der Waals surface area contributed by atoms with Gasteiger partial charge in [0.05, 0.1) is 30.7 Å². The van der Waals surface area contributed by atoms with Gasteiger partial charge in [-0.15, -0.1) is 0 Å². The fourth-order valence-electron chi connectivity index (χ4n) is 3.51. The quantitative estimate of drug-likeness (QED) is 0.342. The van der Waals surface area contributed by atoms with Gasteiger partial charge in [0.1, 0.15) is 12.6 Å². The average molecular weight is 603 g/mol. The van der Waals surface area contributed by atoms with Gasteiger partial charge < -0.3 is 10.2 Å². The van der Waals surface area contributed by atoms with Crippen molar-refractivity contribution in [2.24, 2.45) is 0 Å². The Hall–Kier alpha value is -2.49. The Morgan fingerprint density at radius 3 is 2.03 bits per heavy atom. The lowest BCUT2D eigenvalue weighted by Gasteiger charge is -2.32. The lowest BCUT2D eigenvalue weighted by molar-refractivity contribution is -0.139. The number of nitrogens with zero attached hydrogens (tertiary/aromatic N) is 2. The SMILES string of the molecule is CNC(=O)[C@H](C)N(Cc1ccc(Cl)c(Cl)c1)C(=O)CN(c1ccc(Cl)c(Cl)c1)S(=O)(=O)c1ccccc1. The molecule has 0 radical (unpaired) electrons. The van der Waals surface area contributed by atoms with E-state index in [4.69, 9.17) is 46.4 Å². The number of hydrogen-bond donors (Lipinski definition) is 1. The van der Waals surface area contributed by atoms with E-state index < -0.39 is 34.4 Å². The lowest BCUT2D eigenvalue weighted by Crippen LogP contribution is -2.50. The normalized spacial score (nSPS) is 12.1. The third-order valence-electron chi connectivity index (χ3n) is 5.55. The number of carbonyl (C=O) groups is 2. The molecule has 3 aromatic rings. The molecule has 0 saturated carbocycles. The largest absolute Gasteiger partial charge is 0.357 e. The smallest absolute Gasteiger partial charge is 0.264 e. The predicted molar refractivity (Wildman–Crippen MR) is 148 cm³/mol. The first kappa shape index (κ1) is 29.1. The van der Waals surface area contributed by atoms with E-state index in [1.165, 1.54) is 42.3 Å². The minimum Gasteiger partial charge on any atom is -0.357 e. The maximum absolute atomic E-state index is 13.7. The maximum Gasteiger partial charge on any atom is 0.264 e. The van der Waals surface area contributed by atoms with Crippen molar-refractivity contribution >= 4 is 73.9 Å². The first-order valence-electron chi connectivity index (χ1n) is 10.9. The Balaban J connectivity index is 2.05. The minimum absolute atomic E-state index is 0.0229. The van der Waals surface area contributed by atoms with Crippen molar-refractivity contribution in [2.45, 2.75) is 24.4 Å². The number of rotatable bonds is 9. The first-order valence-corrected chi connectivity index (χ1v) is 13.9. The molecule has 2 amide bonds. The van der Waals surface area contributed by atoms with Gasteiger partial charge in [-0.1, -0.05) is 70.7 Å². The molecule has 1 atom stereocenters. The van der Waals surface area contributed by atoms with Crippen LogP contribution in [0.1, 0.15) is 12.5 Å². The fraction of sp³-hybridized carbons (Fsp3) is 0.200. The molecule has 0 unspecified atom stereocenters. The summed E-state index contributed by atoms with van der Waals surface area (Å²) in [5, 5.41) is 3.48. The van der Waals surface area contributed by atoms with Crippen molar-refractivity contribution in [3.63, 3.8) is 0 Å². The van der Waals surface area contributed by atoms with E-state index in [9.17, 15) is 18.0 Å². The molecule has 0 aliphatic carbocycles. The molecular weight excluding hydrogens is 580 g/mol. The Labute approximate surface area is 235 Å². The Morgan fingerprint density at radius 2 is 1.46 bits per heavy atom. The Morgan fingerprint density at radius 1 is 0.865 bits per heavy atom. The summed E-state index contributed by atoms with van der Waals surface area (Å²) in [5.41, 5.74) is 0.735. The Kier molecular flexibility index (Phi) is 9.72. The van der Waals surface area contributed by atoms with Crippen LogP contribution >= 0.6 is 46.4 Å². The second kappa shape index (κ2) is 12.4. The molecule has 37 heavy (non-hydrogen) atoms. The van der Waals surface area contributed by atoms with Gasteiger partial charge >= 0.3 is 0 Å². The zero-order valence-electron chi connectivity index (χ0n) is 19.8. The van der Waals surface area contributed by atoms with Crippen LogP contribution in [0, 0.1) is 0 Å². The molecule has 0 aromatic heterocycles. The summed E-state index contributed by atoms with van der Waals surface area (Å²) in [5.74, 6) is -1.06. The van der Waals surface area contributed by atoms with Crippen molar-refractivity contribution in [1.82, 2.24) is 10.2 Å². The molecule has 0 saturated heterocycles. The van der Waals surface area contributed by atoms with Crippen LogP contribution in [0.25, 0.3) is 0 Å². The van der Waals surface area contributed by atoms with E-state index in [2.05, 4.69) is 5.32 Å². The first-order chi connectivity index (χ1) is 17.4. The van der Waals surface area contributed by atoms with Crippen LogP contribution in [-0.2, 0) is 26.2 Å². The highest BCUT2D eigenvalue weighted by Gasteiger charge is 2.32. The van der Waals surface area contributed by atoms with Crippen LogP contribution in [0.2, 0.25) is 20.1 Å². The topological polar surface area (TPSA) is 86.8 Å². The zero-order chi connectivity index (χ0) is 27.3. The van der Waals surface area contributed by atoms with E-state index in [0.717, 1.165) is 4.31 Å². The number of halogens is 4. The van der Waals surface area contributed by atoms with Gasteiger partial charge in [0.25, 0.3) is 10.0 Å². The van der Waals surface area contributed by atoms with Gasteiger partial charge in [-0.3, -0.25) is 13.9 Å². The highest BCUT2D eigenvalue weighted by Crippen LogP contribution is 2.31. The Bertz CT molecular complexity index is 1400. The summed E-state index contributed by atoms with van der Waals surface area (Å²) in [6.07, 6.45) is 0. The van der Waals surface area contributed by atoms with Gasteiger partial charge in [0, 0.05) is 13.6 Å². The molecular formula is C25H23Cl4N3O4S. The summed E-state index contributed by atoms with van der Waals surface area (Å²) in [6, 6.07) is 15.8. The molecule has 196 valence electrons. The molecule has 3 aromatic carbocycles. The van der Waals surface area contributed by atoms with Crippen LogP contribution < -0.4 is 9.62 Å². The summed E-state index contributed by atoms with van der Waals surface area (Å²) < 4.78 is 28.2.